The molecule has 0 amide bonds. The molecule has 0 aromatic heterocycles. The molecule has 0 heterocycles. The van der Waals surface area contributed by atoms with E-state index in [-0.39, 0.29) is 23.9 Å². The van der Waals surface area contributed by atoms with Gasteiger partial charge in [0.1, 0.15) is 0 Å². The van der Waals surface area contributed by atoms with Crippen molar-refractivity contribution in [2.45, 2.75) is 31.3 Å². The average Bonchev–Trinajstić information content (AvgIpc) is 2.39. The zero-order valence-corrected chi connectivity index (χ0v) is 10.0. The highest BCUT2D eigenvalue weighted by Crippen LogP contribution is 2.38. The van der Waals surface area contributed by atoms with Gasteiger partial charge in [0.25, 0.3) is 0 Å². The normalized spacial score (nSPS) is 28.7. The molecule has 1 aliphatic carbocycles. The Morgan fingerprint density at radius 3 is 2.65 bits per heavy atom. The van der Waals surface area contributed by atoms with Crippen LogP contribution in [0.15, 0.2) is 30.3 Å². The maximum Gasteiger partial charge on any atom is 0.309 e. The highest BCUT2D eigenvalue weighted by atomic mass is 16.5. The number of benzene rings is 1. The number of methoxy groups -OCH3 is 1. The van der Waals surface area contributed by atoms with Gasteiger partial charge in [-0.2, -0.15) is 0 Å². The van der Waals surface area contributed by atoms with E-state index in [1.165, 1.54) is 7.11 Å². The first-order chi connectivity index (χ1) is 8.22. The van der Waals surface area contributed by atoms with Crippen LogP contribution in [0.4, 0.5) is 0 Å². The Labute approximate surface area is 101 Å². The van der Waals surface area contributed by atoms with Crippen LogP contribution in [-0.4, -0.2) is 24.3 Å². The Balaban J connectivity index is 2.23. The van der Waals surface area contributed by atoms with Gasteiger partial charge < -0.3 is 9.84 Å². The van der Waals surface area contributed by atoms with Gasteiger partial charge in [-0.1, -0.05) is 30.3 Å². The second-order valence-corrected chi connectivity index (χ2v) is 4.61. The summed E-state index contributed by atoms with van der Waals surface area (Å²) >= 11 is 0. The quantitative estimate of drug-likeness (QED) is 0.797. The number of ether oxygens (including phenoxy) is 1. The third kappa shape index (κ3) is 2.67. The Kier molecular flexibility index (Phi) is 3.79. The molecular weight excluding hydrogens is 216 g/mol. The van der Waals surface area contributed by atoms with Crippen molar-refractivity contribution in [1.82, 2.24) is 0 Å². The van der Waals surface area contributed by atoms with Gasteiger partial charge in [0.05, 0.1) is 19.1 Å². The summed E-state index contributed by atoms with van der Waals surface area (Å²) in [4.78, 5) is 11.8. The highest BCUT2D eigenvalue weighted by Gasteiger charge is 2.35. The summed E-state index contributed by atoms with van der Waals surface area (Å²) in [5.41, 5.74) is 1.11. The molecule has 1 N–H and O–H groups in total. The molecule has 3 nitrogen and oxygen atoms in total. The fourth-order valence-corrected chi connectivity index (χ4v) is 2.65. The van der Waals surface area contributed by atoms with E-state index in [2.05, 4.69) is 0 Å². The van der Waals surface area contributed by atoms with Gasteiger partial charge in [-0.05, 0) is 30.7 Å². The monoisotopic (exact) mass is 234 g/mol. The lowest BCUT2D eigenvalue weighted by molar-refractivity contribution is -0.148. The van der Waals surface area contributed by atoms with Gasteiger partial charge >= 0.3 is 5.97 Å². The van der Waals surface area contributed by atoms with Crippen LogP contribution in [0.2, 0.25) is 0 Å². The Hall–Kier alpha value is -1.35. The van der Waals surface area contributed by atoms with Crippen LogP contribution in [0.1, 0.15) is 30.7 Å². The summed E-state index contributed by atoms with van der Waals surface area (Å²) < 4.78 is 4.86. The highest BCUT2D eigenvalue weighted by molar-refractivity contribution is 5.73. The third-order valence-electron chi connectivity index (χ3n) is 3.55. The number of esters is 1. The molecule has 0 unspecified atom stereocenters. The predicted molar refractivity (Wildman–Crippen MR) is 64.5 cm³/mol. The molecule has 1 saturated carbocycles. The maximum absolute atomic E-state index is 11.8. The number of aliphatic hydroxyl groups is 1. The topological polar surface area (TPSA) is 46.5 Å². The summed E-state index contributed by atoms with van der Waals surface area (Å²) in [5.74, 6) is -0.205. The molecule has 92 valence electrons. The average molecular weight is 234 g/mol. The third-order valence-corrected chi connectivity index (χ3v) is 3.55. The molecular formula is C14H18O3. The van der Waals surface area contributed by atoms with Crippen molar-refractivity contribution in [3.05, 3.63) is 35.9 Å². The van der Waals surface area contributed by atoms with Gasteiger partial charge in [0, 0.05) is 0 Å². The Bertz CT molecular complexity index is 374. The molecule has 3 heteroatoms. The minimum atomic E-state index is -0.305. The zero-order valence-electron chi connectivity index (χ0n) is 10.0. The van der Waals surface area contributed by atoms with E-state index in [1.54, 1.807) is 0 Å². The zero-order chi connectivity index (χ0) is 12.3. The van der Waals surface area contributed by atoms with E-state index < -0.39 is 0 Å². The van der Waals surface area contributed by atoms with Crippen molar-refractivity contribution in [3.63, 3.8) is 0 Å². The van der Waals surface area contributed by atoms with Gasteiger partial charge in [-0.25, -0.2) is 0 Å². The molecule has 1 aromatic carbocycles. The SMILES string of the molecule is COC(=O)[C@@H]1CC[C@H](O)C[C@H]1c1ccccc1. The van der Waals surface area contributed by atoms with Crippen molar-refractivity contribution < 1.29 is 14.6 Å². The molecule has 0 spiro atoms. The molecule has 17 heavy (non-hydrogen) atoms. The summed E-state index contributed by atoms with van der Waals surface area (Å²) in [6.07, 6.45) is 1.72. The van der Waals surface area contributed by atoms with Crippen LogP contribution >= 0.6 is 0 Å². The van der Waals surface area contributed by atoms with Crippen molar-refractivity contribution in [2.75, 3.05) is 7.11 Å². The van der Waals surface area contributed by atoms with E-state index in [4.69, 9.17) is 4.74 Å². The molecule has 2 rings (SSSR count). The lowest BCUT2D eigenvalue weighted by Gasteiger charge is -2.32. The molecule has 1 fully saturated rings. The van der Waals surface area contributed by atoms with Crippen LogP contribution in [0.5, 0.6) is 0 Å². The van der Waals surface area contributed by atoms with Crippen LogP contribution in [0.3, 0.4) is 0 Å². The fourth-order valence-electron chi connectivity index (χ4n) is 2.65. The minimum Gasteiger partial charge on any atom is -0.469 e. The minimum absolute atomic E-state index is 0.0763. The maximum atomic E-state index is 11.8. The lowest BCUT2D eigenvalue weighted by atomic mass is 9.74. The van der Waals surface area contributed by atoms with Gasteiger partial charge in [-0.3, -0.25) is 4.79 Å². The number of hydrogen-bond acceptors (Lipinski definition) is 3. The van der Waals surface area contributed by atoms with Gasteiger partial charge in [-0.15, -0.1) is 0 Å². The second-order valence-electron chi connectivity index (χ2n) is 4.61. The number of hydrogen-bond donors (Lipinski definition) is 1. The fraction of sp³-hybridized carbons (Fsp3) is 0.500. The van der Waals surface area contributed by atoms with Crippen LogP contribution in [0, 0.1) is 5.92 Å². The van der Waals surface area contributed by atoms with Gasteiger partial charge in [0.15, 0.2) is 0 Å². The molecule has 1 aliphatic rings. The summed E-state index contributed by atoms with van der Waals surface area (Å²) in [6.45, 7) is 0. The van der Waals surface area contributed by atoms with E-state index >= 15 is 0 Å². The van der Waals surface area contributed by atoms with E-state index in [0.29, 0.717) is 19.3 Å². The standard InChI is InChI=1S/C14H18O3/c1-17-14(16)12-8-7-11(15)9-13(12)10-5-3-2-4-6-10/h2-6,11-13,15H,7-9H2,1H3/t11-,12+,13-/m0/s1. The van der Waals surface area contributed by atoms with Crippen molar-refractivity contribution in [1.29, 1.82) is 0 Å². The van der Waals surface area contributed by atoms with E-state index in [9.17, 15) is 9.90 Å². The molecule has 1 aromatic rings. The number of rotatable bonds is 2. The van der Waals surface area contributed by atoms with Crippen molar-refractivity contribution in [2.24, 2.45) is 5.92 Å². The second kappa shape index (κ2) is 5.32. The first kappa shape index (κ1) is 12.1. The number of carbonyl (C=O) groups is 1. The molecule has 0 saturated heterocycles. The van der Waals surface area contributed by atoms with E-state index in [1.807, 2.05) is 30.3 Å². The Morgan fingerprint density at radius 2 is 2.00 bits per heavy atom. The Morgan fingerprint density at radius 1 is 1.29 bits per heavy atom. The lowest BCUT2D eigenvalue weighted by Crippen LogP contribution is -2.32. The van der Waals surface area contributed by atoms with Crippen molar-refractivity contribution >= 4 is 5.97 Å². The van der Waals surface area contributed by atoms with Crippen LogP contribution in [0.25, 0.3) is 0 Å². The largest absolute Gasteiger partial charge is 0.469 e. The van der Waals surface area contributed by atoms with E-state index in [0.717, 1.165) is 5.56 Å². The summed E-state index contributed by atoms with van der Waals surface area (Å²) in [5, 5.41) is 9.76. The van der Waals surface area contributed by atoms with Crippen LogP contribution < -0.4 is 0 Å². The van der Waals surface area contributed by atoms with Crippen molar-refractivity contribution in [3.8, 4) is 0 Å². The number of carbonyl (C=O) groups excluding carboxylic acids is 1. The molecule has 0 aliphatic heterocycles. The molecule has 0 bridgehead atoms. The number of aliphatic hydroxyl groups excluding tert-OH is 1. The van der Waals surface area contributed by atoms with Crippen LogP contribution in [-0.2, 0) is 9.53 Å². The smallest absolute Gasteiger partial charge is 0.309 e. The van der Waals surface area contributed by atoms with Gasteiger partial charge in [0.2, 0.25) is 0 Å². The summed E-state index contributed by atoms with van der Waals surface area (Å²) in [7, 11) is 1.43. The first-order valence-corrected chi connectivity index (χ1v) is 6.03. The molecule has 3 atom stereocenters. The predicted octanol–water partition coefficient (Wildman–Crippen LogP) is 2.10. The molecule has 0 radical (unpaired) electrons. The first-order valence-electron chi connectivity index (χ1n) is 6.03. The summed E-state index contributed by atoms with van der Waals surface area (Å²) in [6, 6.07) is 9.91.